The van der Waals surface area contributed by atoms with E-state index in [0.29, 0.717) is 22.6 Å². The molecule has 7 nitrogen and oxygen atoms in total. The Balaban J connectivity index is 1.60. The third kappa shape index (κ3) is 5.69. The lowest BCUT2D eigenvalue weighted by atomic mass is 10.1. The smallest absolute Gasteiger partial charge is 0.307 e. The Morgan fingerprint density at radius 3 is 1.39 bits per heavy atom. The molecule has 0 aliphatic carbocycles. The van der Waals surface area contributed by atoms with E-state index in [1.165, 1.54) is 60.7 Å². The molecule has 31 heavy (non-hydrogen) atoms. The number of nitrogens with one attached hydrogen (secondary N) is 2. The Labute approximate surface area is 176 Å². The minimum Gasteiger partial charge on any atom is -0.446 e. The topological polar surface area (TPSA) is 96.1 Å². The summed E-state index contributed by atoms with van der Waals surface area (Å²) in [5.74, 6) is -2.32. The Hall–Kier alpha value is -4.14. The summed E-state index contributed by atoms with van der Waals surface area (Å²) < 4.78 is 31.2. The van der Waals surface area contributed by atoms with Crippen molar-refractivity contribution >= 4 is 23.2 Å². The Bertz CT molecular complexity index is 1060. The number of benzene rings is 2. The monoisotopic (exact) mass is 424 g/mol. The molecule has 0 saturated heterocycles. The summed E-state index contributed by atoms with van der Waals surface area (Å²) >= 11 is 0. The van der Waals surface area contributed by atoms with Crippen LogP contribution < -0.4 is 10.9 Å². The zero-order chi connectivity index (χ0) is 22.4. The third-order valence-electron chi connectivity index (χ3n) is 4.23. The van der Waals surface area contributed by atoms with Gasteiger partial charge in [0.2, 0.25) is 0 Å². The molecule has 0 spiro atoms. The van der Waals surface area contributed by atoms with E-state index in [-0.39, 0.29) is 23.2 Å². The number of amides is 2. The highest BCUT2D eigenvalue weighted by Gasteiger charge is 2.15. The van der Waals surface area contributed by atoms with Crippen molar-refractivity contribution < 1.29 is 22.8 Å². The predicted molar refractivity (Wildman–Crippen MR) is 111 cm³/mol. The van der Waals surface area contributed by atoms with Crippen LogP contribution in [0.4, 0.5) is 8.78 Å². The van der Waals surface area contributed by atoms with Crippen LogP contribution in [-0.2, 0) is 0 Å². The van der Waals surface area contributed by atoms with Crippen LogP contribution in [0.3, 0.4) is 0 Å². The maximum absolute atomic E-state index is 13.0. The first-order valence-corrected chi connectivity index (χ1v) is 9.14. The normalized spacial score (nSPS) is 11.9. The molecule has 2 N–H and O–H groups in total. The number of hydrogen-bond donors (Lipinski definition) is 2. The average Bonchev–Trinajstić information content (AvgIpc) is 3.27. The average molecular weight is 424 g/mol. The molecular weight excluding hydrogens is 406 g/mol. The number of nitrogens with zero attached hydrogens (tertiary/aromatic N) is 2. The van der Waals surface area contributed by atoms with Gasteiger partial charge in [-0.2, -0.15) is 10.2 Å². The lowest BCUT2D eigenvalue weighted by Gasteiger charge is -2.02. The zero-order valence-corrected chi connectivity index (χ0v) is 16.6. The summed E-state index contributed by atoms with van der Waals surface area (Å²) in [6.07, 6.45) is 0. The minimum atomic E-state index is -0.661. The van der Waals surface area contributed by atoms with Gasteiger partial charge in [0.25, 0.3) is 0 Å². The van der Waals surface area contributed by atoms with Crippen LogP contribution in [0.25, 0.3) is 0 Å². The maximum atomic E-state index is 13.0. The molecule has 3 aromatic rings. The molecule has 1 aromatic heterocycles. The van der Waals surface area contributed by atoms with Crippen LogP contribution in [0, 0.1) is 11.6 Å². The van der Waals surface area contributed by atoms with Gasteiger partial charge >= 0.3 is 11.8 Å². The molecular formula is C22H18F2N4O3. The van der Waals surface area contributed by atoms with Gasteiger partial charge in [-0.1, -0.05) is 24.3 Å². The standard InChI is InChI=1S/C22H18F2N4O3/c1-13(15-3-7-17(23)8-4-15)25-27-21(29)19-11-12-20(31-19)22(30)28-26-14(2)16-5-9-18(24)10-6-16/h3-12H,1-2H3,(H,27,29)(H,28,30)/b25-13+,26-14+. The van der Waals surface area contributed by atoms with E-state index in [9.17, 15) is 18.4 Å². The molecule has 0 unspecified atom stereocenters. The van der Waals surface area contributed by atoms with Crippen molar-refractivity contribution in [2.75, 3.05) is 0 Å². The van der Waals surface area contributed by atoms with Crippen molar-refractivity contribution in [1.82, 2.24) is 10.9 Å². The van der Waals surface area contributed by atoms with Crippen molar-refractivity contribution in [3.63, 3.8) is 0 Å². The summed E-state index contributed by atoms with van der Waals surface area (Å²) in [5, 5.41) is 7.88. The van der Waals surface area contributed by atoms with E-state index in [2.05, 4.69) is 21.1 Å². The number of carbonyl (C=O) groups excluding carboxylic acids is 2. The second-order valence-corrected chi connectivity index (χ2v) is 6.45. The van der Waals surface area contributed by atoms with E-state index < -0.39 is 11.8 Å². The Morgan fingerprint density at radius 1 is 0.677 bits per heavy atom. The first kappa shape index (κ1) is 21.6. The van der Waals surface area contributed by atoms with Crippen LogP contribution >= 0.6 is 0 Å². The number of hydrazone groups is 2. The van der Waals surface area contributed by atoms with Gasteiger partial charge < -0.3 is 4.42 Å². The van der Waals surface area contributed by atoms with E-state index in [1.807, 2.05) is 0 Å². The summed E-state index contributed by atoms with van der Waals surface area (Å²) in [7, 11) is 0. The van der Waals surface area contributed by atoms with Crippen molar-refractivity contribution in [3.8, 4) is 0 Å². The Morgan fingerprint density at radius 2 is 1.03 bits per heavy atom. The van der Waals surface area contributed by atoms with Crippen LogP contribution in [0.5, 0.6) is 0 Å². The highest BCUT2D eigenvalue weighted by molar-refractivity contribution is 6.01. The van der Waals surface area contributed by atoms with Gasteiger partial charge in [-0.05, 0) is 61.4 Å². The lowest BCUT2D eigenvalue weighted by Crippen LogP contribution is -2.20. The summed E-state index contributed by atoms with van der Waals surface area (Å²) in [5.41, 5.74) is 6.82. The second-order valence-electron chi connectivity index (χ2n) is 6.45. The van der Waals surface area contributed by atoms with Crippen molar-refractivity contribution in [2.45, 2.75) is 13.8 Å². The van der Waals surface area contributed by atoms with Crippen molar-refractivity contribution in [1.29, 1.82) is 0 Å². The fraction of sp³-hybridized carbons (Fsp3) is 0.0909. The molecule has 0 bridgehead atoms. The van der Waals surface area contributed by atoms with Gasteiger partial charge in [-0.25, -0.2) is 19.6 Å². The molecule has 0 radical (unpaired) electrons. The van der Waals surface area contributed by atoms with E-state index >= 15 is 0 Å². The second kappa shape index (κ2) is 9.57. The van der Waals surface area contributed by atoms with Gasteiger partial charge in [-0.15, -0.1) is 0 Å². The fourth-order valence-electron chi connectivity index (χ4n) is 2.47. The predicted octanol–water partition coefficient (Wildman–Crippen LogP) is 3.87. The molecule has 0 saturated carbocycles. The molecule has 0 aliphatic heterocycles. The van der Waals surface area contributed by atoms with Gasteiger partial charge in [0.05, 0.1) is 11.4 Å². The van der Waals surface area contributed by atoms with Gasteiger partial charge in [0.15, 0.2) is 11.5 Å². The van der Waals surface area contributed by atoms with Gasteiger partial charge in [0, 0.05) is 0 Å². The number of hydrogen-bond acceptors (Lipinski definition) is 5. The number of furan rings is 1. The lowest BCUT2D eigenvalue weighted by molar-refractivity contribution is 0.0902. The molecule has 158 valence electrons. The summed E-state index contributed by atoms with van der Waals surface area (Å²) in [4.78, 5) is 24.4. The molecule has 3 rings (SSSR count). The van der Waals surface area contributed by atoms with E-state index in [4.69, 9.17) is 4.42 Å². The van der Waals surface area contributed by atoms with Crippen LogP contribution in [0.15, 0.2) is 75.3 Å². The van der Waals surface area contributed by atoms with Crippen LogP contribution in [0.2, 0.25) is 0 Å². The molecule has 0 atom stereocenters. The molecule has 0 fully saturated rings. The fourth-order valence-corrected chi connectivity index (χ4v) is 2.47. The largest absolute Gasteiger partial charge is 0.446 e. The maximum Gasteiger partial charge on any atom is 0.307 e. The SMILES string of the molecule is C/C(=N\NC(=O)c1ccc(C(=O)N/N=C(\C)c2ccc(F)cc2)o1)c1ccc(F)cc1. The number of carbonyl (C=O) groups is 2. The quantitative estimate of drug-likeness (QED) is 0.465. The number of halogens is 2. The highest BCUT2D eigenvalue weighted by Crippen LogP contribution is 2.09. The molecule has 9 heteroatoms. The third-order valence-corrected chi connectivity index (χ3v) is 4.23. The number of rotatable bonds is 6. The summed E-state index contributed by atoms with van der Waals surface area (Å²) in [6, 6.07) is 13.9. The molecule has 2 amide bonds. The van der Waals surface area contributed by atoms with Gasteiger partial charge in [0.1, 0.15) is 11.6 Å². The minimum absolute atomic E-state index is 0.125. The summed E-state index contributed by atoms with van der Waals surface area (Å²) in [6.45, 7) is 3.30. The highest BCUT2D eigenvalue weighted by atomic mass is 19.1. The first-order valence-electron chi connectivity index (χ1n) is 9.14. The van der Waals surface area contributed by atoms with Crippen LogP contribution in [-0.4, -0.2) is 23.2 Å². The first-order chi connectivity index (χ1) is 14.8. The molecule has 0 aliphatic rings. The Kier molecular flexibility index (Phi) is 6.66. The van der Waals surface area contributed by atoms with Crippen molar-refractivity contribution in [2.24, 2.45) is 10.2 Å². The molecule has 2 aromatic carbocycles. The zero-order valence-electron chi connectivity index (χ0n) is 16.6. The van der Waals surface area contributed by atoms with Crippen molar-refractivity contribution in [3.05, 3.63) is 94.9 Å². The molecule has 1 heterocycles. The van der Waals surface area contributed by atoms with Crippen LogP contribution in [0.1, 0.15) is 46.1 Å². The van der Waals surface area contributed by atoms with Gasteiger partial charge in [-0.3, -0.25) is 9.59 Å². The van der Waals surface area contributed by atoms with E-state index in [0.717, 1.165) is 0 Å². The van der Waals surface area contributed by atoms with E-state index in [1.54, 1.807) is 13.8 Å².